The average Bonchev–Trinajstić information content (AvgIpc) is 3.10. The Balaban J connectivity index is 2.15. The maximum atomic E-state index is 5.66. The Kier molecular flexibility index (Phi) is 4.60. The summed E-state index contributed by atoms with van der Waals surface area (Å²) in [6.07, 6.45) is 0. The van der Waals surface area contributed by atoms with Crippen molar-refractivity contribution in [2.45, 2.75) is 6.54 Å². The zero-order valence-corrected chi connectivity index (χ0v) is 13.9. The summed E-state index contributed by atoms with van der Waals surface area (Å²) in [5.41, 5.74) is 9.48. The largest absolute Gasteiger partial charge is 0.496 e. The quantitative estimate of drug-likeness (QED) is 0.771. The third-order valence-corrected chi connectivity index (χ3v) is 4.48. The van der Waals surface area contributed by atoms with Crippen LogP contribution < -0.4 is 15.2 Å². The van der Waals surface area contributed by atoms with Crippen LogP contribution >= 0.6 is 11.3 Å². The Morgan fingerprint density at radius 2 is 1.65 bits per heavy atom. The smallest absolute Gasteiger partial charge is 0.129 e. The maximum Gasteiger partial charge on any atom is 0.129 e. The molecule has 0 radical (unpaired) electrons. The number of hydrogen-bond acceptors (Lipinski definition) is 5. The Bertz CT molecular complexity index is 800. The molecule has 2 N–H and O–H groups in total. The highest BCUT2D eigenvalue weighted by atomic mass is 32.1. The molecule has 0 aliphatic heterocycles. The fourth-order valence-electron chi connectivity index (χ4n) is 2.47. The molecule has 1 aromatic heterocycles. The molecule has 3 aromatic rings. The van der Waals surface area contributed by atoms with Crippen molar-refractivity contribution < 1.29 is 9.47 Å². The highest BCUT2D eigenvalue weighted by Crippen LogP contribution is 2.40. The number of rotatable bonds is 5. The van der Waals surface area contributed by atoms with E-state index in [2.05, 4.69) is 4.98 Å². The van der Waals surface area contributed by atoms with E-state index in [-0.39, 0.29) is 0 Å². The molecule has 0 saturated carbocycles. The molecule has 118 valence electrons. The molecule has 0 saturated heterocycles. The van der Waals surface area contributed by atoms with E-state index < -0.39 is 0 Å². The van der Waals surface area contributed by atoms with Gasteiger partial charge in [-0.15, -0.1) is 11.3 Å². The van der Waals surface area contributed by atoms with E-state index in [1.54, 1.807) is 25.6 Å². The molecule has 3 rings (SSSR count). The first-order valence-electron chi connectivity index (χ1n) is 7.23. The van der Waals surface area contributed by atoms with Gasteiger partial charge >= 0.3 is 0 Å². The van der Waals surface area contributed by atoms with Gasteiger partial charge in [0.05, 0.1) is 19.9 Å². The molecule has 0 amide bonds. The molecule has 5 heteroatoms. The van der Waals surface area contributed by atoms with E-state index in [1.807, 2.05) is 47.8 Å². The summed E-state index contributed by atoms with van der Waals surface area (Å²) in [6, 6.07) is 14.1. The first-order valence-corrected chi connectivity index (χ1v) is 8.11. The summed E-state index contributed by atoms with van der Waals surface area (Å²) in [7, 11) is 3.33. The fourth-order valence-corrected chi connectivity index (χ4v) is 3.14. The Labute approximate surface area is 139 Å². The lowest BCUT2D eigenvalue weighted by Gasteiger charge is -2.14. The highest BCUT2D eigenvalue weighted by molar-refractivity contribution is 7.09. The van der Waals surface area contributed by atoms with Crippen molar-refractivity contribution >= 4 is 11.3 Å². The van der Waals surface area contributed by atoms with Crippen LogP contribution in [0.15, 0.2) is 47.8 Å². The normalized spacial score (nSPS) is 10.6. The third-order valence-electron chi connectivity index (χ3n) is 3.61. The van der Waals surface area contributed by atoms with Gasteiger partial charge in [-0.25, -0.2) is 4.98 Å². The van der Waals surface area contributed by atoms with E-state index in [0.29, 0.717) is 6.54 Å². The summed E-state index contributed by atoms with van der Waals surface area (Å²) in [4.78, 5) is 4.54. The SMILES string of the molecule is COc1cc(-c2csc(CN)n2)c(OC)cc1-c1ccccc1. The Morgan fingerprint density at radius 1 is 1.00 bits per heavy atom. The summed E-state index contributed by atoms with van der Waals surface area (Å²) in [5, 5.41) is 2.88. The topological polar surface area (TPSA) is 57.4 Å². The van der Waals surface area contributed by atoms with E-state index in [9.17, 15) is 0 Å². The lowest BCUT2D eigenvalue weighted by molar-refractivity contribution is 0.406. The van der Waals surface area contributed by atoms with Gasteiger partial charge in [-0.1, -0.05) is 30.3 Å². The minimum atomic E-state index is 0.437. The van der Waals surface area contributed by atoms with Crippen molar-refractivity contribution in [3.8, 4) is 33.9 Å². The maximum absolute atomic E-state index is 5.66. The van der Waals surface area contributed by atoms with Crippen molar-refractivity contribution in [1.29, 1.82) is 0 Å². The molecule has 2 aromatic carbocycles. The minimum absolute atomic E-state index is 0.437. The number of nitrogens with zero attached hydrogens (tertiary/aromatic N) is 1. The number of nitrogens with two attached hydrogens (primary N) is 1. The minimum Gasteiger partial charge on any atom is -0.496 e. The van der Waals surface area contributed by atoms with Crippen LogP contribution in [0.1, 0.15) is 5.01 Å². The van der Waals surface area contributed by atoms with Crippen LogP contribution in [-0.2, 0) is 6.54 Å². The van der Waals surface area contributed by atoms with Crippen LogP contribution in [0.4, 0.5) is 0 Å². The van der Waals surface area contributed by atoms with Crippen molar-refractivity contribution in [2.24, 2.45) is 5.73 Å². The molecule has 23 heavy (non-hydrogen) atoms. The molecule has 0 spiro atoms. The molecule has 0 aliphatic carbocycles. The van der Waals surface area contributed by atoms with Gasteiger partial charge in [-0.3, -0.25) is 0 Å². The molecular formula is C18H18N2O2S. The van der Waals surface area contributed by atoms with Gasteiger partial charge in [-0.2, -0.15) is 0 Å². The first kappa shape index (κ1) is 15.5. The molecule has 1 heterocycles. The van der Waals surface area contributed by atoms with Gasteiger partial charge in [-0.05, 0) is 17.7 Å². The van der Waals surface area contributed by atoms with E-state index >= 15 is 0 Å². The number of methoxy groups -OCH3 is 2. The Morgan fingerprint density at radius 3 is 2.26 bits per heavy atom. The number of thiazole rings is 1. The zero-order chi connectivity index (χ0) is 16.2. The standard InChI is InChI=1S/C18H18N2O2S/c1-21-16-9-14(15-11-23-18(10-19)20-15)17(22-2)8-13(16)12-6-4-3-5-7-12/h3-9,11H,10,19H2,1-2H3. The van der Waals surface area contributed by atoms with Crippen molar-refractivity contribution in [1.82, 2.24) is 4.98 Å². The van der Waals surface area contributed by atoms with E-state index in [0.717, 1.165) is 38.9 Å². The fraction of sp³-hybridized carbons (Fsp3) is 0.167. The van der Waals surface area contributed by atoms with Crippen molar-refractivity contribution in [3.63, 3.8) is 0 Å². The van der Waals surface area contributed by atoms with Crippen molar-refractivity contribution in [2.75, 3.05) is 14.2 Å². The van der Waals surface area contributed by atoms with Crippen molar-refractivity contribution in [3.05, 3.63) is 52.9 Å². The van der Waals surface area contributed by atoms with Crippen LogP contribution in [0.25, 0.3) is 22.4 Å². The monoisotopic (exact) mass is 326 g/mol. The van der Waals surface area contributed by atoms with Gasteiger partial charge in [0, 0.05) is 23.1 Å². The summed E-state index contributed by atoms with van der Waals surface area (Å²) >= 11 is 1.55. The second-order valence-corrected chi connectivity index (χ2v) is 5.89. The van der Waals surface area contributed by atoms with Crippen LogP contribution in [0, 0.1) is 0 Å². The van der Waals surface area contributed by atoms with Gasteiger partial charge < -0.3 is 15.2 Å². The lowest BCUT2D eigenvalue weighted by atomic mass is 10.0. The molecule has 0 atom stereocenters. The molecule has 0 aliphatic rings. The first-order chi connectivity index (χ1) is 11.3. The zero-order valence-electron chi connectivity index (χ0n) is 13.1. The summed E-state index contributed by atoms with van der Waals surface area (Å²) in [5.74, 6) is 1.55. The second-order valence-electron chi connectivity index (χ2n) is 4.95. The van der Waals surface area contributed by atoms with E-state index in [4.69, 9.17) is 15.2 Å². The molecule has 0 unspecified atom stereocenters. The molecule has 0 bridgehead atoms. The van der Waals surface area contributed by atoms with E-state index in [1.165, 1.54) is 0 Å². The number of benzene rings is 2. The van der Waals surface area contributed by atoms with Gasteiger partial charge in [0.15, 0.2) is 0 Å². The van der Waals surface area contributed by atoms with Crippen LogP contribution in [-0.4, -0.2) is 19.2 Å². The average molecular weight is 326 g/mol. The number of hydrogen-bond donors (Lipinski definition) is 1. The molecule has 4 nitrogen and oxygen atoms in total. The summed E-state index contributed by atoms with van der Waals surface area (Å²) < 4.78 is 11.2. The van der Waals surface area contributed by atoms with Crippen LogP contribution in [0.2, 0.25) is 0 Å². The number of aromatic nitrogens is 1. The predicted molar refractivity (Wildman–Crippen MR) is 94.0 cm³/mol. The van der Waals surface area contributed by atoms with Gasteiger partial charge in [0.1, 0.15) is 16.5 Å². The lowest BCUT2D eigenvalue weighted by Crippen LogP contribution is -1.96. The van der Waals surface area contributed by atoms with Gasteiger partial charge in [0.25, 0.3) is 0 Å². The third kappa shape index (κ3) is 3.06. The van der Waals surface area contributed by atoms with Gasteiger partial charge in [0.2, 0.25) is 0 Å². The van der Waals surface area contributed by atoms with Crippen LogP contribution in [0.3, 0.4) is 0 Å². The molecule has 0 fully saturated rings. The highest BCUT2D eigenvalue weighted by Gasteiger charge is 2.16. The second kappa shape index (κ2) is 6.81. The predicted octanol–water partition coefficient (Wildman–Crippen LogP) is 3.95. The van der Waals surface area contributed by atoms with Crippen LogP contribution in [0.5, 0.6) is 11.5 Å². The number of ether oxygens (including phenoxy) is 2. The molecular weight excluding hydrogens is 308 g/mol. The summed E-state index contributed by atoms with van der Waals surface area (Å²) in [6.45, 7) is 0.437. The Hall–Kier alpha value is -2.37.